The minimum absolute atomic E-state index is 0.153. The average molecular weight is 408 g/mol. The predicted octanol–water partition coefficient (Wildman–Crippen LogP) is 4.41. The maximum Gasteiger partial charge on any atom is 0.411 e. The smallest absolute Gasteiger partial charge is 0.411 e. The summed E-state index contributed by atoms with van der Waals surface area (Å²) in [6.45, 7) is 12.2. The Balaban J connectivity index is 1.87. The highest BCUT2D eigenvalue weighted by atomic mass is 28.3. The van der Waals surface area contributed by atoms with E-state index in [1.807, 2.05) is 39.0 Å². The van der Waals surface area contributed by atoms with Crippen molar-refractivity contribution in [1.29, 1.82) is 5.26 Å². The minimum Gasteiger partial charge on any atom is -0.444 e. The molecule has 1 amide bonds. The molecule has 0 aromatic carbocycles. The molecule has 1 aromatic heterocycles. The van der Waals surface area contributed by atoms with E-state index >= 15 is 0 Å². The van der Waals surface area contributed by atoms with Gasteiger partial charge in [-0.05, 0) is 45.2 Å². The quantitative estimate of drug-likeness (QED) is 0.393. The number of pyridine rings is 1. The van der Waals surface area contributed by atoms with Crippen LogP contribution in [0.4, 0.5) is 4.79 Å². The molecule has 152 valence electrons. The van der Waals surface area contributed by atoms with Gasteiger partial charge in [-0.1, -0.05) is 37.7 Å². The maximum atomic E-state index is 12.7. The Morgan fingerprint density at radius 2 is 1.86 bits per heavy atom. The standard InChI is InChI=1S/C23H29N3O2Si/c1-22(2,3)28-21(27)26-19-7-8-20(26)13-23(12-19,16-24)18-11-17(14-25-15-18)9-10-29(4,5)6/h7-8,11,14-15,19-20H,12-13H2,1-6H3/t19-,20+,23-. The number of nitriles is 1. The van der Waals surface area contributed by atoms with Crippen molar-refractivity contribution in [1.82, 2.24) is 9.88 Å². The van der Waals surface area contributed by atoms with Gasteiger partial charge in [0.2, 0.25) is 0 Å². The van der Waals surface area contributed by atoms with E-state index < -0.39 is 19.1 Å². The van der Waals surface area contributed by atoms with Crippen LogP contribution in [0, 0.1) is 22.8 Å². The SMILES string of the molecule is CC(C)(C)OC(=O)N1[C@@H]2C=C[C@H]1C[C@](C#N)(c1cncc(C#C[Si](C)(C)C)c1)C2. The highest BCUT2D eigenvalue weighted by molar-refractivity contribution is 6.83. The first kappa shape index (κ1) is 21.1. The minimum atomic E-state index is -1.50. The van der Waals surface area contributed by atoms with E-state index in [2.05, 4.69) is 42.2 Å². The van der Waals surface area contributed by atoms with Crippen molar-refractivity contribution in [2.24, 2.45) is 0 Å². The fourth-order valence-corrected chi connectivity index (χ4v) is 4.34. The van der Waals surface area contributed by atoms with Gasteiger partial charge in [-0.15, -0.1) is 5.54 Å². The molecule has 6 heteroatoms. The number of rotatable bonds is 1. The summed E-state index contributed by atoms with van der Waals surface area (Å²) in [4.78, 5) is 18.8. The van der Waals surface area contributed by atoms with Gasteiger partial charge in [-0.25, -0.2) is 4.79 Å². The Morgan fingerprint density at radius 3 is 2.38 bits per heavy atom. The number of aromatic nitrogens is 1. The summed E-state index contributed by atoms with van der Waals surface area (Å²) in [6, 6.07) is 4.23. The second-order valence-electron chi connectivity index (χ2n) is 9.97. The molecule has 1 saturated heterocycles. The number of amides is 1. The van der Waals surface area contributed by atoms with Crippen LogP contribution in [0.1, 0.15) is 44.7 Å². The van der Waals surface area contributed by atoms with E-state index in [-0.39, 0.29) is 18.2 Å². The van der Waals surface area contributed by atoms with Crippen LogP contribution in [0.15, 0.2) is 30.6 Å². The van der Waals surface area contributed by atoms with E-state index in [1.54, 1.807) is 17.3 Å². The number of fused-ring (bicyclic) bond motifs is 2. The van der Waals surface area contributed by atoms with Crippen molar-refractivity contribution in [2.45, 2.75) is 76.4 Å². The molecule has 3 heterocycles. The zero-order valence-corrected chi connectivity index (χ0v) is 19.1. The molecular formula is C23H29N3O2Si. The number of hydrogen-bond donors (Lipinski definition) is 0. The molecule has 0 radical (unpaired) electrons. The topological polar surface area (TPSA) is 66.2 Å². The van der Waals surface area contributed by atoms with Gasteiger partial charge in [0.1, 0.15) is 13.7 Å². The molecule has 2 bridgehead atoms. The van der Waals surface area contributed by atoms with Crippen molar-refractivity contribution in [3.05, 3.63) is 41.7 Å². The van der Waals surface area contributed by atoms with Gasteiger partial charge in [0.25, 0.3) is 0 Å². The van der Waals surface area contributed by atoms with Gasteiger partial charge in [-0.3, -0.25) is 9.88 Å². The highest BCUT2D eigenvalue weighted by Gasteiger charge is 2.50. The molecule has 0 unspecified atom stereocenters. The molecule has 5 nitrogen and oxygen atoms in total. The van der Waals surface area contributed by atoms with Gasteiger partial charge in [0.05, 0.1) is 23.6 Å². The number of carbonyl (C=O) groups is 1. The summed E-state index contributed by atoms with van der Waals surface area (Å²) >= 11 is 0. The van der Waals surface area contributed by atoms with Crippen molar-refractivity contribution < 1.29 is 9.53 Å². The zero-order valence-electron chi connectivity index (χ0n) is 18.1. The predicted molar refractivity (Wildman–Crippen MR) is 116 cm³/mol. The first-order valence-corrected chi connectivity index (χ1v) is 13.5. The van der Waals surface area contributed by atoms with Crippen molar-refractivity contribution in [2.75, 3.05) is 0 Å². The second kappa shape index (κ2) is 7.35. The van der Waals surface area contributed by atoms with Gasteiger partial charge >= 0.3 is 6.09 Å². The van der Waals surface area contributed by atoms with Crippen LogP contribution in [-0.2, 0) is 10.2 Å². The molecule has 2 aliphatic heterocycles. The zero-order chi connectivity index (χ0) is 21.4. The maximum absolute atomic E-state index is 12.7. The fourth-order valence-electron chi connectivity index (χ4n) is 3.82. The Labute approximate surface area is 174 Å². The molecule has 3 rings (SSSR count). The van der Waals surface area contributed by atoms with Crippen LogP contribution < -0.4 is 0 Å². The summed E-state index contributed by atoms with van der Waals surface area (Å²) in [5, 5.41) is 10.2. The average Bonchev–Trinajstić information content (AvgIpc) is 2.89. The normalized spacial score (nSPS) is 25.8. The van der Waals surface area contributed by atoms with Crippen molar-refractivity contribution in [3.8, 4) is 17.5 Å². The Kier molecular flexibility index (Phi) is 5.36. The van der Waals surface area contributed by atoms with Crippen molar-refractivity contribution >= 4 is 14.2 Å². The van der Waals surface area contributed by atoms with Crippen LogP contribution in [0.25, 0.3) is 0 Å². The third-order valence-electron chi connectivity index (χ3n) is 5.08. The Morgan fingerprint density at radius 1 is 1.24 bits per heavy atom. The van der Waals surface area contributed by atoms with Crippen LogP contribution in [0.2, 0.25) is 19.6 Å². The van der Waals surface area contributed by atoms with E-state index in [4.69, 9.17) is 4.74 Å². The second-order valence-corrected chi connectivity index (χ2v) is 14.7. The lowest BCUT2D eigenvalue weighted by Gasteiger charge is -2.43. The third-order valence-corrected chi connectivity index (χ3v) is 5.95. The van der Waals surface area contributed by atoms with Crippen LogP contribution in [0.5, 0.6) is 0 Å². The number of ether oxygens (including phenoxy) is 1. The molecular weight excluding hydrogens is 378 g/mol. The van der Waals surface area contributed by atoms with Crippen LogP contribution >= 0.6 is 0 Å². The summed E-state index contributed by atoms with van der Waals surface area (Å²) < 4.78 is 5.59. The molecule has 2 aliphatic rings. The third kappa shape index (κ3) is 4.71. The number of nitrogens with zero attached hydrogens (tertiary/aromatic N) is 3. The number of carbonyl (C=O) groups excluding carboxylic acids is 1. The van der Waals surface area contributed by atoms with E-state index in [1.165, 1.54) is 0 Å². The summed E-state index contributed by atoms with van der Waals surface area (Å²) in [5.74, 6) is 3.24. The largest absolute Gasteiger partial charge is 0.444 e. The molecule has 29 heavy (non-hydrogen) atoms. The van der Waals surface area contributed by atoms with Gasteiger partial charge in [0.15, 0.2) is 0 Å². The summed E-state index contributed by atoms with van der Waals surface area (Å²) in [7, 11) is -1.50. The lowest BCUT2D eigenvalue weighted by molar-refractivity contribution is 0.00562. The lowest BCUT2D eigenvalue weighted by Crippen LogP contribution is -2.53. The molecule has 0 spiro atoms. The first-order chi connectivity index (χ1) is 13.4. The van der Waals surface area contributed by atoms with Gasteiger partial charge < -0.3 is 4.74 Å². The van der Waals surface area contributed by atoms with Gasteiger partial charge in [0, 0.05) is 18.0 Å². The monoisotopic (exact) mass is 407 g/mol. The Hall–Kier alpha value is -2.57. The molecule has 0 aliphatic carbocycles. The van der Waals surface area contributed by atoms with Crippen molar-refractivity contribution in [3.63, 3.8) is 0 Å². The van der Waals surface area contributed by atoms with Crippen LogP contribution in [0.3, 0.4) is 0 Å². The molecule has 0 saturated carbocycles. The summed E-state index contributed by atoms with van der Waals surface area (Å²) in [6.07, 6.45) is 8.31. The number of hydrogen-bond acceptors (Lipinski definition) is 4. The molecule has 3 atom stereocenters. The molecule has 0 N–H and O–H groups in total. The lowest BCUT2D eigenvalue weighted by atomic mass is 9.71. The summed E-state index contributed by atoms with van der Waals surface area (Å²) in [5.41, 5.74) is 3.84. The van der Waals surface area contributed by atoms with E-state index in [0.29, 0.717) is 12.8 Å². The number of piperidine rings is 1. The van der Waals surface area contributed by atoms with E-state index in [0.717, 1.165) is 11.1 Å². The molecule has 1 fully saturated rings. The first-order valence-electron chi connectivity index (χ1n) is 10.0. The van der Waals surface area contributed by atoms with E-state index in [9.17, 15) is 10.1 Å². The van der Waals surface area contributed by atoms with Gasteiger partial charge in [-0.2, -0.15) is 5.26 Å². The fraction of sp³-hybridized carbons (Fsp3) is 0.522. The molecule has 1 aromatic rings. The highest BCUT2D eigenvalue weighted by Crippen LogP contribution is 2.44. The van der Waals surface area contributed by atoms with Crippen LogP contribution in [-0.4, -0.2) is 41.7 Å². The Bertz CT molecular complexity index is 922.